The highest BCUT2D eigenvalue weighted by Gasteiger charge is 2.13. The lowest BCUT2D eigenvalue weighted by atomic mass is 10.2. The summed E-state index contributed by atoms with van der Waals surface area (Å²) in [5.74, 6) is 6.24. The van der Waals surface area contributed by atoms with Crippen LogP contribution in [0.5, 0.6) is 0 Å². The molecular formula is C23H27N3O2. The van der Waals surface area contributed by atoms with Crippen molar-refractivity contribution in [2.24, 2.45) is 0 Å². The van der Waals surface area contributed by atoms with E-state index >= 15 is 0 Å². The number of carbonyl (C=O) groups excluding carboxylic acids is 1. The maximum Gasteiger partial charge on any atom is 0.407 e. The van der Waals surface area contributed by atoms with Crippen molar-refractivity contribution < 1.29 is 9.53 Å². The number of carbonyl (C=O) groups is 1. The van der Waals surface area contributed by atoms with E-state index in [9.17, 15) is 4.79 Å². The molecule has 146 valence electrons. The van der Waals surface area contributed by atoms with E-state index in [-0.39, 0.29) is 6.61 Å². The number of piperazine rings is 1. The topological polar surface area (TPSA) is 44.8 Å². The predicted molar refractivity (Wildman–Crippen MR) is 112 cm³/mol. The molecule has 3 rings (SSSR count). The Hall–Kier alpha value is -2.97. The summed E-state index contributed by atoms with van der Waals surface area (Å²) < 4.78 is 5.16. The minimum atomic E-state index is -0.415. The number of hydrogen-bond acceptors (Lipinski definition) is 4. The maximum atomic E-state index is 11.7. The molecule has 0 radical (unpaired) electrons. The number of ether oxygens (including phenoxy) is 1. The van der Waals surface area contributed by atoms with Gasteiger partial charge in [-0.15, -0.1) is 0 Å². The first-order valence-corrected chi connectivity index (χ1v) is 9.68. The SMILES string of the molecule is CN1CCN(c2ccc(C#CCCNC(=O)OCc3ccccc3)cc2)CC1. The van der Waals surface area contributed by atoms with Gasteiger partial charge in [-0.2, -0.15) is 0 Å². The zero-order valence-corrected chi connectivity index (χ0v) is 16.4. The van der Waals surface area contributed by atoms with E-state index < -0.39 is 6.09 Å². The van der Waals surface area contributed by atoms with Gasteiger partial charge in [-0.3, -0.25) is 0 Å². The molecule has 1 heterocycles. The standard InChI is InChI=1S/C23H27N3O2/c1-25-15-17-26(18-16-25)22-12-10-20(11-13-22)7-5-6-14-24-23(27)28-19-21-8-3-2-4-9-21/h2-4,8-13H,6,14-19H2,1H3,(H,24,27). The van der Waals surface area contributed by atoms with Crippen molar-refractivity contribution in [1.82, 2.24) is 10.2 Å². The normalized spacial score (nSPS) is 14.1. The molecule has 5 heteroatoms. The van der Waals surface area contributed by atoms with Crippen molar-refractivity contribution in [2.45, 2.75) is 13.0 Å². The Morgan fingerprint density at radius 1 is 1.04 bits per heavy atom. The molecule has 0 unspecified atom stereocenters. The van der Waals surface area contributed by atoms with Crippen molar-refractivity contribution in [1.29, 1.82) is 0 Å². The first kappa shape index (κ1) is 19.8. The lowest BCUT2D eigenvalue weighted by Gasteiger charge is -2.34. The molecule has 5 nitrogen and oxygen atoms in total. The maximum absolute atomic E-state index is 11.7. The molecule has 0 aliphatic carbocycles. The summed E-state index contributed by atoms with van der Waals surface area (Å²) in [6, 6.07) is 18.0. The molecule has 2 aromatic rings. The van der Waals surface area contributed by atoms with Crippen molar-refractivity contribution in [3.63, 3.8) is 0 Å². The molecule has 1 aliphatic rings. The molecule has 0 spiro atoms. The van der Waals surface area contributed by atoms with E-state index in [0.717, 1.165) is 37.3 Å². The largest absolute Gasteiger partial charge is 0.445 e. The van der Waals surface area contributed by atoms with Crippen LogP contribution >= 0.6 is 0 Å². The summed E-state index contributed by atoms with van der Waals surface area (Å²) in [5, 5.41) is 2.72. The summed E-state index contributed by atoms with van der Waals surface area (Å²) in [4.78, 5) is 16.4. The first-order chi connectivity index (χ1) is 13.7. The number of anilines is 1. The smallest absolute Gasteiger partial charge is 0.407 e. The molecule has 1 N–H and O–H groups in total. The third-order valence-corrected chi connectivity index (χ3v) is 4.70. The second-order valence-corrected chi connectivity index (χ2v) is 6.88. The molecule has 0 aromatic heterocycles. The third-order valence-electron chi connectivity index (χ3n) is 4.70. The number of nitrogens with one attached hydrogen (secondary N) is 1. The van der Waals surface area contributed by atoms with E-state index in [1.807, 2.05) is 30.3 Å². The van der Waals surface area contributed by atoms with Gasteiger partial charge in [-0.25, -0.2) is 4.79 Å². The highest BCUT2D eigenvalue weighted by Crippen LogP contribution is 2.16. The molecular weight excluding hydrogens is 350 g/mol. The molecule has 28 heavy (non-hydrogen) atoms. The fourth-order valence-corrected chi connectivity index (χ4v) is 2.99. The van der Waals surface area contributed by atoms with Crippen LogP contribution in [0.2, 0.25) is 0 Å². The minimum absolute atomic E-state index is 0.276. The molecule has 1 amide bonds. The monoisotopic (exact) mass is 377 g/mol. The number of nitrogens with zero attached hydrogens (tertiary/aromatic N) is 2. The van der Waals surface area contributed by atoms with Gasteiger partial charge in [0, 0.05) is 50.4 Å². The van der Waals surface area contributed by atoms with Crippen LogP contribution in [0.25, 0.3) is 0 Å². The van der Waals surface area contributed by atoms with Gasteiger partial charge in [-0.1, -0.05) is 42.2 Å². The van der Waals surface area contributed by atoms with Crippen LogP contribution in [0.15, 0.2) is 54.6 Å². The van der Waals surface area contributed by atoms with Crippen LogP contribution in [0.4, 0.5) is 10.5 Å². The zero-order valence-electron chi connectivity index (χ0n) is 16.4. The predicted octanol–water partition coefficient (Wildman–Crippen LogP) is 3.11. The summed E-state index contributed by atoms with van der Waals surface area (Å²) >= 11 is 0. The van der Waals surface area contributed by atoms with Crippen molar-refractivity contribution in [2.75, 3.05) is 44.7 Å². The second kappa shape index (κ2) is 10.4. The average Bonchev–Trinajstić information content (AvgIpc) is 2.74. The van der Waals surface area contributed by atoms with E-state index in [2.05, 4.69) is 58.3 Å². The fraction of sp³-hybridized carbons (Fsp3) is 0.348. The molecule has 1 aliphatic heterocycles. The van der Waals surface area contributed by atoms with E-state index in [1.165, 1.54) is 5.69 Å². The minimum Gasteiger partial charge on any atom is -0.445 e. The summed E-state index contributed by atoms with van der Waals surface area (Å²) in [6.45, 7) is 5.07. The zero-order chi connectivity index (χ0) is 19.6. The van der Waals surface area contributed by atoms with Gasteiger partial charge in [0.1, 0.15) is 6.61 Å². The van der Waals surface area contributed by atoms with E-state index in [4.69, 9.17) is 4.74 Å². The molecule has 0 bridgehead atoms. The fourth-order valence-electron chi connectivity index (χ4n) is 2.99. The van der Waals surface area contributed by atoms with Crippen LogP contribution < -0.4 is 10.2 Å². The van der Waals surface area contributed by atoms with Gasteiger partial charge in [-0.05, 0) is 36.9 Å². The Morgan fingerprint density at radius 2 is 1.75 bits per heavy atom. The van der Waals surface area contributed by atoms with Crippen LogP contribution in [-0.2, 0) is 11.3 Å². The van der Waals surface area contributed by atoms with Gasteiger partial charge in [0.15, 0.2) is 0 Å². The summed E-state index contributed by atoms with van der Waals surface area (Å²) in [6.07, 6.45) is 0.169. The number of alkyl carbamates (subject to hydrolysis) is 1. The number of hydrogen-bond donors (Lipinski definition) is 1. The van der Waals surface area contributed by atoms with Crippen LogP contribution in [-0.4, -0.2) is 50.8 Å². The van der Waals surface area contributed by atoms with Crippen LogP contribution in [0, 0.1) is 11.8 Å². The van der Waals surface area contributed by atoms with Crippen LogP contribution in [0.1, 0.15) is 17.5 Å². The molecule has 0 atom stereocenters. The van der Waals surface area contributed by atoms with Gasteiger partial charge in [0.05, 0.1) is 0 Å². The quantitative estimate of drug-likeness (QED) is 0.642. The van der Waals surface area contributed by atoms with Crippen molar-refractivity contribution in [3.05, 3.63) is 65.7 Å². The number of amides is 1. The highest BCUT2D eigenvalue weighted by atomic mass is 16.5. The summed E-state index contributed by atoms with van der Waals surface area (Å²) in [7, 11) is 2.16. The van der Waals surface area contributed by atoms with E-state index in [1.54, 1.807) is 0 Å². The van der Waals surface area contributed by atoms with Gasteiger partial charge in [0.25, 0.3) is 0 Å². The van der Waals surface area contributed by atoms with Gasteiger partial charge >= 0.3 is 6.09 Å². The first-order valence-electron chi connectivity index (χ1n) is 9.68. The van der Waals surface area contributed by atoms with Gasteiger partial charge in [0.2, 0.25) is 0 Å². The Kier molecular flexibility index (Phi) is 7.34. The lowest BCUT2D eigenvalue weighted by molar-refractivity contribution is 0.140. The third kappa shape index (κ3) is 6.33. The lowest BCUT2D eigenvalue weighted by Crippen LogP contribution is -2.44. The molecule has 1 saturated heterocycles. The Morgan fingerprint density at radius 3 is 2.46 bits per heavy atom. The van der Waals surface area contributed by atoms with E-state index in [0.29, 0.717) is 13.0 Å². The number of benzene rings is 2. The average molecular weight is 377 g/mol. The number of rotatable bonds is 5. The van der Waals surface area contributed by atoms with Crippen molar-refractivity contribution >= 4 is 11.8 Å². The summed E-state index contributed by atoms with van der Waals surface area (Å²) in [5.41, 5.74) is 3.21. The van der Waals surface area contributed by atoms with Gasteiger partial charge < -0.3 is 19.9 Å². The molecule has 1 fully saturated rings. The Labute approximate surface area is 167 Å². The highest BCUT2D eigenvalue weighted by molar-refractivity contribution is 5.67. The van der Waals surface area contributed by atoms with Crippen molar-refractivity contribution in [3.8, 4) is 11.8 Å². The molecule has 0 saturated carbocycles. The van der Waals surface area contributed by atoms with Crippen LogP contribution in [0.3, 0.4) is 0 Å². The molecule has 2 aromatic carbocycles. The number of likely N-dealkylation sites (N-methyl/N-ethyl adjacent to an activating group) is 1. The Bertz CT molecular complexity index is 801. The second-order valence-electron chi connectivity index (χ2n) is 6.88. The Balaban J connectivity index is 1.35.